The fourth-order valence-corrected chi connectivity index (χ4v) is 0.860. The van der Waals surface area contributed by atoms with E-state index in [-0.39, 0.29) is 5.56 Å². The number of hydrogen-bond donors (Lipinski definition) is 1. The van der Waals surface area contributed by atoms with Gasteiger partial charge in [0, 0.05) is 0 Å². The van der Waals surface area contributed by atoms with Crippen molar-refractivity contribution in [3.63, 3.8) is 0 Å². The van der Waals surface area contributed by atoms with Crippen molar-refractivity contribution in [2.45, 2.75) is 20.8 Å². The van der Waals surface area contributed by atoms with E-state index in [1.165, 1.54) is 12.1 Å². The molecule has 0 fully saturated rings. The van der Waals surface area contributed by atoms with E-state index in [4.69, 9.17) is 5.11 Å². The normalized spacial score (nSPS) is 8.62. The number of carbonyl (C=O) groups is 1. The highest BCUT2D eigenvalue weighted by Crippen LogP contribution is 2.07. The maximum absolute atomic E-state index is 12.5. The maximum atomic E-state index is 12.5. The van der Waals surface area contributed by atoms with Crippen LogP contribution in [0.4, 0.5) is 4.39 Å². The molecule has 72 valence electrons. The van der Waals surface area contributed by atoms with E-state index in [0.717, 1.165) is 6.07 Å². The topological polar surface area (TPSA) is 37.3 Å². The first-order valence-electron chi connectivity index (χ1n) is 4.10. The van der Waals surface area contributed by atoms with Crippen molar-refractivity contribution >= 4 is 5.97 Å². The third-order valence-electron chi connectivity index (χ3n) is 1.29. The van der Waals surface area contributed by atoms with E-state index >= 15 is 0 Å². The summed E-state index contributed by atoms with van der Waals surface area (Å²) in [6.45, 7) is 5.65. The molecule has 0 aromatic heterocycles. The van der Waals surface area contributed by atoms with Crippen molar-refractivity contribution in [2.75, 3.05) is 0 Å². The van der Waals surface area contributed by atoms with Crippen LogP contribution in [0.3, 0.4) is 0 Å². The standard InChI is InChI=1S/C8H7FO2.C2H6/c1-5-2-6(8(10)11)4-7(9)3-5;1-2/h2-4H,1H3,(H,10,11);1-2H3. The fraction of sp³-hybridized carbons (Fsp3) is 0.300. The van der Waals surface area contributed by atoms with Crippen molar-refractivity contribution in [3.8, 4) is 0 Å². The summed E-state index contributed by atoms with van der Waals surface area (Å²) in [5.41, 5.74) is 0.602. The van der Waals surface area contributed by atoms with Gasteiger partial charge < -0.3 is 5.11 Å². The van der Waals surface area contributed by atoms with Crippen LogP contribution in [0.15, 0.2) is 18.2 Å². The molecule has 0 atom stereocenters. The highest BCUT2D eigenvalue weighted by molar-refractivity contribution is 5.87. The molecule has 2 nitrogen and oxygen atoms in total. The zero-order valence-corrected chi connectivity index (χ0v) is 7.97. The average molecular weight is 184 g/mol. The molecular formula is C10H13FO2. The van der Waals surface area contributed by atoms with Crippen LogP contribution in [0.1, 0.15) is 29.8 Å². The summed E-state index contributed by atoms with van der Waals surface area (Å²) in [6, 6.07) is 3.70. The smallest absolute Gasteiger partial charge is 0.335 e. The fourth-order valence-electron chi connectivity index (χ4n) is 0.860. The highest BCUT2D eigenvalue weighted by Gasteiger charge is 2.03. The minimum absolute atomic E-state index is 0.0116. The Kier molecular flexibility index (Phi) is 4.74. The van der Waals surface area contributed by atoms with Crippen LogP contribution in [0, 0.1) is 12.7 Å². The Balaban J connectivity index is 0.000000671. The van der Waals surface area contributed by atoms with E-state index in [0.29, 0.717) is 5.56 Å². The lowest BCUT2D eigenvalue weighted by molar-refractivity contribution is 0.0696. The zero-order chi connectivity index (χ0) is 10.4. The van der Waals surface area contributed by atoms with E-state index in [1.54, 1.807) is 6.92 Å². The van der Waals surface area contributed by atoms with Gasteiger partial charge in [-0.2, -0.15) is 0 Å². The van der Waals surface area contributed by atoms with Gasteiger partial charge in [-0.15, -0.1) is 0 Å². The highest BCUT2D eigenvalue weighted by atomic mass is 19.1. The molecule has 0 aliphatic rings. The quantitative estimate of drug-likeness (QED) is 0.728. The summed E-state index contributed by atoms with van der Waals surface area (Å²) in [7, 11) is 0. The van der Waals surface area contributed by atoms with Gasteiger partial charge in [-0.25, -0.2) is 9.18 Å². The first kappa shape index (κ1) is 11.6. The van der Waals surface area contributed by atoms with Crippen LogP contribution < -0.4 is 0 Å². The number of rotatable bonds is 1. The van der Waals surface area contributed by atoms with E-state index < -0.39 is 11.8 Å². The summed E-state index contributed by atoms with van der Waals surface area (Å²) < 4.78 is 12.5. The van der Waals surface area contributed by atoms with Crippen molar-refractivity contribution in [1.82, 2.24) is 0 Å². The van der Waals surface area contributed by atoms with Crippen LogP contribution in [0.5, 0.6) is 0 Å². The van der Waals surface area contributed by atoms with Crippen molar-refractivity contribution in [2.24, 2.45) is 0 Å². The van der Waals surface area contributed by atoms with Gasteiger partial charge in [0.2, 0.25) is 0 Å². The van der Waals surface area contributed by atoms with Gasteiger partial charge in [0.05, 0.1) is 5.56 Å². The predicted octanol–water partition coefficient (Wildman–Crippen LogP) is 2.86. The molecule has 0 unspecified atom stereocenters. The van der Waals surface area contributed by atoms with E-state index in [9.17, 15) is 9.18 Å². The summed E-state index contributed by atoms with van der Waals surface area (Å²) in [4.78, 5) is 10.3. The molecule has 1 rings (SSSR count). The van der Waals surface area contributed by atoms with Crippen LogP contribution >= 0.6 is 0 Å². The lowest BCUT2D eigenvalue weighted by Gasteiger charge is -1.96. The second-order valence-electron chi connectivity index (χ2n) is 2.32. The molecule has 0 aliphatic carbocycles. The van der Waals surface area contributed by atoms with Gasteiger partial charge in [0.15, 0.2) is 0 Å². The molecule has 3 heteroatoms. The summed E-state index contributed by atoms with van der Waals surface area (Å²) >= 11 is 0. The van der Waals surface area contributed by atoms with Gasteiger partial charge in [0.1, 0.15) is 5.82 Å². The van der Waals surface area contributed by atoms with Crippen LogP contribution in [0.2, 0.25) is 0 Å². The first-order chi connectivity index (χ1) is 6.09. The Hall–Kier alpha value is -1.38. The van der Waals surface area contributed by atoms with Crippen LogP contribution in [0.25, 0.3) is 0 Å². The lowest BCUT2D eigenvalue weighted by Crippen LogP contribution is -1.97. The Labute approximate surface area is 77.0 Å². The largest absolute Gasteiger partial charge is 0.478 e. The second-order valence-corrected chi connectivity index (χ2v) is 2.32. The summed E-state index contributed by atoms with van der Waals surface area (Å²) in [5, 5.41) is 8.47. The molecule has 0 bridgehead atoms. The molecular weight excluding hydrogens is 171 g/mol. The molecule has 1 N–H and O–H groups in total. The minimum atomic E-state index is -1.10. The minimum Gasteiger partial charge on any atom is -0.478 e. The first-order valence-corrected chi connectivity index (χ1v) is 4.10. The molecule has 1 aromatic rings. The Morgan fingerprint density at radius 2 is 1.85 bits per heavy atom. The molecule has 0 saturated heterocycles. The number of carboxylic acid groups (broad SMARTS) is 1. The van der Waals surface area contributed by atoms with Crippen molar-refractivity contribution in [1.29, 1.82) is 0 Å². The SMILES string of the molecule is CC.Cc1cc(F)cc(C(=O)O)c1. The number of benzene rings is 1. The Morgan fingerprint density at radius 3 is 2.23 bits per heavy atom. The Morgan fingerprint density at radius 1 is 1.31 bits per heavy atom. The van der Waals surface area contributed by atoms with E-state index in [1.807, 2.05) is 13.8 Å². The number of hydrogen-bond acceptors (Lipinski definition) is 1. The molecule has 0 heterocycles. The van der Waals surface area contributed by atoms with Gasteiger partial charge in [0.25, 0.3) is 0 Å². The van der Waals surface area contributed by atoms with Crippen LogP contribution in [-0.4, -0.2) is 11.1 Å². The molecule has 0 saturated carbocycles. The summed E-state index contributed by atoms with van der Waals surface area (Å²) in [5.74, 6) is -1.62. The number of carboxylic acids is 1. The van der Waals surface area contributed by atoms with Gasteiger partial charge in [-0.3, -0.25) is 0 Å². The van der Waals surface area contributed by atoms with Gasteiger partial charge in [-0.05, 0) is 30.7 Å². The van der Waals surface area contributed by atoms with Crippen molar-refractivity contribution < 1.29 is 14.3 Å². The lowest BCUT2D eigenvalue weighted by atomic mass is 10.1. The average Bonchev–Trinajstić information content (AvgIpc) is 2.06. The Bertz CT molecular complexity index is 275. The van der Waals surface area contributed by atoms with Gasteiger partial charge >= 0.3 is 5.97 Å². The number of aryl methyl sites for hydroxylation is 1. The third-order valence-corrected chi connectivity index (χ3v) is 1.29. The molecule has 1 aromatic carbocycles. The third kappa shape index (κ3) is 3.69. The number of halogens is 1. The van der Waals surface area contributed by atoms with E-state index in [2.05, 4.69) is 0 Å². The molecule has 0 radical (unpaired) electrons. The number of aromatic carboxylic acids is 1. The molecule has 0 amide bonds. The zero-order valence-electron chi connectivity index (χ0n) is 7.97. The monoisotopic (exact) mass is 184 g/mol. The molecule has 0 aliphatic heterocycles. The van der Waals surface area contributed by atoms with Crippen LogP contribution in [-0.2, 0) is 0 Å². The van der Waals surface area contributed by atoms with Crippen molar-refractivity contribution in [3.05, 3.63) is 35.1 Å². The predicted molar refractivity (Wildman–Crippen MR) is 49.4 cm³/mol. The summed E-state index contributed by atoms with van der Waals surface area (Å²) in [6.07, 6.45) is 0. The molecule has 13 heavy (non-hydrogen) atoms. The second kappa shape index (κ2) is 5.30. The van der Waals surface area contributed by atoms with Gasteiger partial charge in [-0.1, -0.05) is 13.8 Å². The maximum Gasteiger partial charge on any atom is 0.335 e. The molecule has 0 spiro atoms.